The molecular formula is C23H22ClF3N2O4. The summed E-state index contributed by atoms with van der Waals surface area (Å²) in [7, 11) is 0. The van der Waals surface area contributed by atoms with Gasteiger partial charge in [-0.25, -0.2) is 0 Å². The Hall–Kier alpha value is -3.07. The molecule has 0 bridgehead atoms. The van der Waals surface area contributed by atoms with E-state index in [-0.39, 0.29) is 18.7 Å². The molecule has 6 nitrogen and oxygen atoms in total. The summed E-state index contributed by atoms with van der Waals surface area (Å²) in [6.45, 7) is 1.90. The molecule has 0 aliphatic carbocycles. The number of alkyl halides is 3. The molecule has 1 aliphatic rings. The highest BCUT2D eigenvalue weighted by Gasteiger charge is 2.32. The normalized spacial score (nSPS) is 14.6. The number of halogens is 4. The van der Waals surface area contributed by atoms with Gasteiger partial charge in [-0.05, 0) is 61.7 Å². The van der Waals surface area contributed by atoms with Gasteiger partial charge in [-0.15, -0.1) is 0 Å². The second kappa shape index (κ2) is 10.2. The number of rotatable bonds is 5. The summed E-state index contributed by atoms with van der Waals surface area (Å²) in [5.41, 5.74) is 0.679. The number of carbonyl (C=O) groups excluding carboxylic acids is 3. The maximum Gasteiger partial charge on any atom is 0.416 e. The Bertz CT molecular complexity index is 1030. The number of esters is 1. The number of aryl methyl sites for hydroxylation is 1. The molecule has 2 aromatic rings. The molecule has 10 heteroatoms. The fraction of sp³-hybridized carbons (Fsp3) is 0.348. The van der Waals surface area contributed by atoms with Gasteiger partial charge >= 0.3 is 12.1 Å². The number of likely N-dealkylation sites (tertiary alicyclic amines) is 1. The van der Waals surface area contributed by atoms with Gasteiger partial charge in [0, 0.05) is 29.4 Å². The minimum Gasteiger partial charge on any atom is -0.455 e. The van der Waals surface area contributed by atoms with E-state index in [2.05, 4.69) is 5.32 Å². The van der Waals surface area contributed by atoms with Crippen LogP contribution in [0, 0.1) is 12.8 Å². The number of nitrogens with zero attached hydrogens (tertiary/aromatic N) is 1. The van der Waals surface area contributed by atoms with Crippen LogP contribution in [0.5, 0.6) is 0 Å². The van der Waals surface area contributed by atoms with Crippen LogP contribution in [0.25, 0.3) is 0 Å². The Morgan fingerprint density at radius 3 is 2.30 bits per heavy atom. The Morgan fingerprint density at radius 2 is 1.73 bits per heavy atom. The number of piperidine rings is 1. The van der Waals surface area contributed by atoms with Gasteiger partial charge in [-0.2, -0.15) is 13.2 Å². The van der Waals surface area contributed by atoms with Crippen molar-refractivity contribution in [2.75, 3.05) is 25.0 Å². The zero-order valence-corrected chi connectivity index (χ0v) is 18.5. The summed E-state index contributed by atoms with van der Waals surface area (Å²) < 4.78 is 43.1. The summed E-state index contributed by atoms with van der Waals surface area (Å²) in [6.07, 6.45) is -3.80. The second-order valence-electron chi connectivity index (χ2n) is 7.76. The van der Waals surface area contributed by atoms with Crippen LogP contribution in [-0.2, 0) is 20.5 Å². The first-order valence-corrected chi connectivity index (χ1v) is 10.6. The van der Waals surface area contributed by atoms with Crippen LogP contribution in [0.2, 0.25) is 5.02 Å². The van der Waals surface area contributed by atoms with Gasteiger partial charge in [0.15, 0.2) is 6.61 Å². The Morgan fingerprint density at radius 1 is 1.09 bits per heavy atom. The first kappa shape index (κ1) is 24.6. The molecule has 1 saturated heterocycles. The molecular weight excluding hydrogens is 461 g/mol. The third kappa shape index (κ3) is 6.47. The smallest absolute Gasteiger partial charge is 0.416 e. The van der Waals surface area contributed by atoms with Crippen molar-refractivity contribution in [2.24, 2.45) is 5.92 Å². The first-order chi connectivity index (χ1) is 15.5. The van der Waals surface area contributed by atoms with Gasteiger partial charge in [-0.1, -0.05) is 17.7 Å². The minimum atomic E-state index is -4.47. The largest absolute Gasteiger partial charge is 0.455 e. The highest BCUT2D eigenvalue weighted by molar-refractivity contribution is 6.31. The van der Waals surface area contributed by atoms with E-state index in [0.717, 1.165) is 29.8 Å². The predicted octanol–water partition coefficient (Wildman–Crippen LogP) is 4.70. The molecule has 1 aliphatic heterocycles. The van der Waals surface area contributed by atoms with Crippen molar-refractivity contribution < 1.29 is 32.3 Å². The number of nitrogens with one attached hydrogen (secondary N) is 1. The van der Waals surface area contributed by atoms with Crippen molar-refractivity contribution >= 4 is 35.1 Å². The number of ether oxygens (including phenoxy) is 1. The first-order valence-electron chi connectivity index (χ1n) is 10.2. The molecule has 2 amide bonds. The van der Waals surface area contributed by atoms with Gasteiger partial charge in [0.05, 0.1) is 11.5 Å². The molecule has 0 radical (unpaired) electrons. The lowest BCUT2D eigenvalue weighted by molar-refractivity contribution is -0.152. The highest BCUT2D eigenvalue weighted by atomic mass is 35.5. The number of amides is 2. The molecule has 176 valence electrons. The summed E-state index contributed by atoms with van der Waals surface area (Å²) in [5, 5.41) is 3.10. The molecule has 1 heterocycles. The lowest BCUT2D eigenvalue weighted by Gasteiger charge is -2.31. The zero-order chi connectivity index (χ0) is 24.2. The van der Waals surface area contributed by atoms with Crippen molar-refractivity contribution in [1.82, 2.24) is 4.90 Å². The third-order valence-corrected chi connectivity index (χ3v) is 5.78. The Balaban J connectivity index is 1.45. The SMILES string of the molecule is Cc1ccc(NC(=O)COC(=O)C2CCN(C(=O)c3ccc(C(F)(F)F)cc3)CC2)cc1Cl. The van der Waals surface area contributed by atoms with E-state index in [1.165, 1.54) is 4.90 Å². The summed E-state index contributed by atoms with van der Waals surface area (Å²) >= 11 is 6.01. The maximum atomic E-state index is 12.7. The van der Waals surface area contributed by atoms with Crippen molar-refractivity contribution in [1.29, 1.82) is 0 Å². The summed E-state index contributed by atoms with van der Waals surface area (Å²) in [4.78, 5) is 38.3. The van der Waals surface area contributed by atoms with Gasteiger partial charge in [-0.3, -0.25) is 14.4 Å². The van der Waals surface area contributed by atoms with E-state index < -0.39 is 42.0 Å². The number of hydrogen-bond donors (Lipinski definition) is 1. The van der Waals surface area contributed by atoms with Crippen LogP contribution in [0.1, 0.15) is 34.3 Å². The summed E-state index contributed by atoms with van der Waals surface area (Å²) in [5.74, 6) is -1.90. The van der Waals surface area contributed by atoms with E-state index in [4.69, 9.17) is 16.3 Å². The Kier molecular flexibility index (Phi) is 7.63. The lowest BCUT2D eigenvalue weighted by atomic mass is 9.96. The maximum absolute atomic E-state index is 12.7. The van der Waals surface area contributed by atoms with Crippen LogP contribution in [-0.4, -0.2) is 42.4 Å². The average Bonchev–Trinajstić information content (AvgIpc) is 2.79. The van der Waals surface area contributed by atoms with Crippen LogP contribution >= 0.6 is 11.6 Å². The fourth-order valence-electron chi connectivity index (χ4n) is 3.42. The predicted molar refractivity (Wildman–Crippen MR) is 116 cm³/mol. The molecule has 0 atom stereocenters. The van der Waals surface area contributed by atoms with Crippen LogP contribution in [0.4, 0.5) is 18.9 Å². The van der Waals surface area contributed by atoms with Crippen molar-refractivity contribution in [3.8, 4) is 0 Å². The topological polar surface area (TPSA) is 75.7 Å². The number of hydrogen-bond acceptors (Lipinski definition) is 4. The van der Waals surface area contributed by atoms with Gasteiger partial charge in [0.1, 0.15) is 0 Å². The third-order valence-electron chi connectivity index (χ3n) is 5.38. The van der Waals surface area contributed by atoms with E-state index in [1.807, 2.05) is 6.92 Å². The Labute approximate surface area is 193 Å². The molecule has 0 saturated carbocycles. The molecule has 0 unspecified atom stereocenters. The van der Waals surface area contributed by atoms with Gasteiger partial charge in [0.2, 0.25) is 0 Å². The van der Waals surface area contributed by atoms with Gasteiger partial charge in [0.25, 0.3) is 11.8 Å². The van der Waals surface area contributed by atoms with E-state index in [1.54, 1.807) is 18.2 Å². The molecule has 0 aromatic heterocycles. The van der Waals surface area contributed by atoms with Crippen molar-refractivity contribution in [3.63, 3.8) is 0 Å². The standard InChI is InChI=1S/C23H22ClF3N2O4/c1-14-2-7-18(12-19(14)24)28-20(30)13-33-22(32)16-8-10-29(11-9-16)21(31)15-3-5-17(6-4-15)23(25,26)27/h2-7,12,16H,8-11,13H2,1H3,(H,28,30). The van der Waals surface area contributed by atoms with Gasteiger partial charge < -0.3 is 15.0 Å². The fourth-order valence-corrected chi connectivity index (χ4v) is 3.61. The van der Waals surface area contributed by atoms with E-state index in [0.29, 0.717) is 23.6 Å². The minimum absolute atomic E-state index is 0.150. The van der Waals surface area contributed by atoms with Crippen LogP contribution in [0.3, 0.4) is 0 Å². The molecule has 0 spiro atoms. The summed E-state index contributed by atoms with van der Waals surface area (Å²) in [6, 6.07) is 9.06. The number of carbonyl (C=O) groups is 3. The second-order valence-corrected chi connectivity index (χ2v) is 8.17. The van der Waals surface area contributed by atoms with E-state index in [9.17, 15) is 27.6 Å². The number of benzene rings is 2. The molecule has 3 rings (SSSR count). The monoisotopic (exact) mass is 482 g/mol. The molecule has 33 heavy (non-hydrogen) atoms. The lowest BCUT2D eigenvalue weighted by Crippen LogP contribution is -2.41. The average molecular weight is 483 g/mol. The highest BCUT2D eigenvalue weighted by Crippen LogP contribution is 2.29. The van der Waals surface area contributed by atoms with Crippen molar-refractivity contribution in [2.45, 2.75) is 25.9 Å². The van der Waals surface area contributed by atoms with Crippen LogP contribution in [0.15, 0.2) is 42.5 Å². The molecule has 1 N–H and O–H groups in total. The number of anilines is 1. The molecule has 2 aromatic carbocycles. The zero-order valence-electron chi connectivity index (χ0n) is 17.7. The van der Waals surface area contributed by atoms with Crippen molar-refractivity contribution in [3.05, 3.63) is 64.2 Å². The van der Waals surface area contributed by atoms with E-state index >= 15 is 0 Å². The quantitative estimate of drug-likeness (QED) is 0.627. The van der Waals surface area contributed by atoms with Crippen LogP contribution < -0.4 is 5.32 Å². The molecule has 1 fully saturated rings.